The molecule has 0 atom stereocenters. The van der Waals surface area contributed by atoms with E-state index in [4.69, 9.17) is 14.2 Å². The van der Waals surface area contributed by atoms with Crippen molar-refractivity contribution in [1.29, 1.82) is 0 Å². The van der Waals surface area contributed by atoms with E-state index in [0.717, 1.165) is 19.4 Å². The van der Waals surface area contributed by atoms with Gasteiger partial charge in [-0.2, -0.15) is 0 Å². The van der Waals surface area contributed by atoms with Crippen LogP contribution in [0.2, 0.25) is 0 Å². The Morgan fingerprint density at radius 1 is 1.11 bits per heavy atom. The maximum Gasteiger partial charge on any atom is 0.305 e. The topological polar surface area (TPSA) is 56.8 Å². The van der Waals surface area contributed by atoms with Gasteiger partial charge in [0, 0.05) is 32.6 Å². The van der Waals surface area contributed by atoms with Crippen LogP contribution in [0.1, 0.15) is 33.1 Å². The fourth-order valence-corrected chi connectivity index (χ4v) is 1.29. The maximum atomic E-state index is 11.3. The van der Waals surface area contributed by atoms with Crippen LogP contribution in [-0.2, 0) is 19.0 Å². The first kappa shape index (κ1) is 17.4. The molecule has 0 aromatic carbocycles. The Morgan fingerprint density at radius 3 is 2.56 bits per heavy atom. The van der Waals surface area contributed by atoms with E-state index in [2.05, 4.69) is 19.2 Å². The second-order valence-corrected chi connectivity index (χ2v) is 4.39. The molecule has 0 fully saturated rings. The van der Waals surface area contributed by atoms with E-state index in [1.54, 1.807) is 7.11 Å². The lowest BCUT2D eigenvalue weighted by Crippen LogP contribution is -2.24. The van der Waals surface area contributed by atoms with Crippen LogP contribution in [0.25, 0.3) is 0 Å². The van der Waals surface area contributed by atoms with E-state index < -0.39 is 0 Å². The molecule has 0 saturated heterocycles. The van der Waals surface area contributed by atoms with Crippen LogP contribution < -0.4 is 5.32 Å². The third-order valence-corrected chi connectivity index (χ3v) is 2.24. The van der Waals surface area contributed by atoms with E-state index in [0.29, 0.717) is 38.9 Å². The summed E-state index contributed by atoms with van der Waals surface area (Å²) in [6.45, 7) is 7.25. The third-order valence-electron chi connectivity index (χ3n) is 2.24. The van der Waals surface area contributed by atoms with Crippen LogP contribution >= 0.6 is 0 Å². The Balaban J connectivity index is 3.17. The Kier molecular flexibility index (Phi) is 12.3. The molecule has 0 radical (unpaired) electrons. The molecule has 0 aromatic rings. The average Bonchev–Trinajstić information content (AvgIpc) is 2.33. The smallest absolute Gasteiger partial charge is 0.305 e. The highest BCUT2D eigenvalue weighted by Crippen LogP contribution is 1.94. The van der Waals surface area contributed by atoms with E-state index in [1.807, 2.05) is 0 Å². The molecular weight excluding hydrogens is 234 g/mol. The summed E-state index contributed by atoms with van der Waals surface area (Å²) in [6.07, 6.45) is 2.03. The van der Waals surface area contributed by atoms with Gasteiger partial charge >= 0.3 is 5.97 Å². The Hall–Kier alpha value is -0.650. The van der Waals surface area contributed by atoms with Crippen molar-refractivity contribution >= 4 is 5.97 Å². The summed E-state index contributed by atoms with van der Waals surface area (Å²) < 4.78 is 15.2. The van der Waals surface area contributed by atoms with Crippen molar-refractivity contribution in [3.05, 3.63) is 0 Å². The molecule has 0 rings (SSSR count). The standard InChI is InChI=1S/C13H27NO4/c1-12(2)14-7-4-6-13(15)18-9-5-8-17-11-10-16-3/h12,14H,4-11H2,1-3H3. The average molecular weight is 261 g/mol. The molecule has 0 aliphatic carbocycles. The van der Waals surface area contributed by atoms with Gasteiger partial charge in [-0.1, -0.05) is 13.8 Å². The first-order chi connectivity index (χ1) is 8.66. The molecule has 0 aromatic heterocycles. The number of carbonyl (C=O) groups is 1. The van der Waals surface area contributed by atoms with Gasteiger partial charge in [0.2, 0.25) is 0 Å². The first-order valence-corrected chi connectivity index (χ1v) is 6.62. The van der Waals surface area contributed by atoms with E-state index in [9.17, 15) is 4.79 Å². The van der Waals surface area contributed by atoms with Gasteiger partial charge in [0.05, 0.1) is 19.8 Å². The van der Waals surface area contributed by atoms with E-state index in [1.165, 1.54) is 0 Å². The van der Waals surface area contributed by atoms with Crippen molar-refractivity contribution < 1.29 is 19.0 Å². The van der Waals surface area contributed by atoms with Crippen molar-refractivity contribution in [1.82, 2.24) is 5.32 Å². The molecule has 18 heavy (non-hydrogen) atoms. The van der Waals surface area contributed by atoms with Gasteiger partial charge in [-0.3, -0.25) is 4.79 Å². The minimum atomic E-state index is -0.127. The Labute approximate surface area is 110 Å². The fourth-order valence-electron chi connectivity index (χ4n) is 1.29. The minimum absolute atomic E-state index is 0.127. The maximum absolute atomic E-state index is 11.3. The number of ether oxygens (including phenoxy) is 3. The van der Waals surface area contributed by atoms with Crippen molar-refractivity contribution in [2.75, 3.05) is 40.1 Å². The Morgan fingerprint density at radius 2 is 1.89 bits per heavy atom. The summed E-state index contributed by atoms with van der Waals surface area (Å²) in [5.41, 5.74) is 0. The molecular formula is C13H27NO4. The van der Waals surface area contributed by atoms with Gasteiger partial charge in [0.15, 0.2) is 0 Å². The van der Waals surface area contributed by atoms with Gasteiger partial charge in [-0.25, -0.2) is 0 Å². The molecule has 5 heteroatoms. The molecule has 108 valence electrons. The summed E-state index contributed by atoms with van der Waals surface area (Å²) in [7, 11) is 1.64. The van der Waals surface area contributed by atoms with Crippen molar-refractivity contribution in [2.45, 2.75) is 39.2 Å². The molecule has 0 aliphatic heterocycles. The first-order valence-electron chi connectivity index (χ1n) is 6.62. The predicted octanol–water partition coefficient (Wildman–Crippen LogP) is 1.36. The third kappa shape index (κ3) is 13.4. The van der Waals surface area contributed by atoms with Crippen molar-refractivity contribution in [2.24, 2.45) is 0 Å². The number of nitrogens with one attached hydrogen (secondary N) is 1. The minimum Gasteiger partial charge on any atom is -0.466 e. The van der Waals surface area contributed by atoms with Gasteiger partial charge in [0.25, 0.3) is 0 Å². The molecule has 0 saturated carbocycles. The quantitative estimate of drug-likeness (QED) is 0.424. The highest BCUT2D eigenvalue weighted by molar-refractivity contribution is 5.69. The number of hydrogen-bond acceptors (Lipinski definition) is 5. The number of carbonyl (C=O) groups excluding carboxylic acids is 1. The summed E-state index contributed by atoms with van der Waals surface area (Å²) in [5.74, 6) is -0.127. The molecule has 0 bridgehead atoms. The molecule has 1 N–H and O–H groups in total. The number of rotatable bonds is 12. The highest BCUT2D eigenvalue weighted by Gasteiger charge is 2.02. The lowest BCUT2D eigenvalue weighted by Gasteiger charge is -2.08. The van der Waals surface area contributed by atoms with Crippen LogP contribution in [-0.4, -0.2) is 52.1 Å². The summed E-state index contributed by atoms with van der Waals surface area (Å²) in [4.78, 5) is 11.3. The predicted molar refractivity (Wildman–Crippen MR) is 70.6 cm³/mol. The molecule has 0 unspecified atom stereocenters. The van der Waals surface area contributed by atoms with Crippen LogP contribution in [0.4, 0.5) is 0 Å². The van der Waals surface area contributed by atoms with Crippen LogP contribution in [0.5, 0.6) is 0 Å². The largest absolute Gasteiger partial charge is 0.466 e. The zero-order chi connectivity index (χ0) is 13.6. The lowest BCUT2D eigenvalue weighted by molar-refractivity contribution is -0.144. The van der Waals surface area contributed by atoms with Crippen LogP contribution in [0, 0.1) is 0 Å². The lowest BCUT2D eigenvalue weighted by atomic mass is 10.3. The highest BCUT2D eigenvalue weighted by atomic mass is 16.5. The second kappa shape index (κ2) is 12.8. The molecule has 5 nitrogen and oxygen atoms in total. The van der Waals surface area contributed by atoms with Crippen molar-refractivity contribution in [3.8, 4) is 0 Å². The van der Waals surface area contributed by atoms with Crippen LogP contribution in [0.15, 0.2) is 0 Å². The summed E-state index contributed by atoms with van der Waals surface area (Å²) in [6, 6.07) is 0.463. The number of hydrogen-bond donors (Lipinski definition) is 1. The normalized spacial score (nSPS) is 10.9. The molecule has 0 spiro atoms. The molecule has 0 amide bonds. The number of esters is 1. The van der Waals surface area contributed by atoms with E-state index in [-0.39, 0.29) is 5.97 Å². The monoisotopic (exact) mass is 261 g/mol. The zero-order valence-corrected chi connectivity index (χ0v) is 11.9. The van der Waals surface area contributed by atoms with Gasteiger partial charge in [-0.15, -0.1) is 0 Å². The second-order valence-electron chi connectivity index (χ2n) is 4.39. The summed E-state index contributed by atoms with van der Waals surface area (Å²) >= 11 is 0. The molecule has 0 heterocycles. The number of methoxy groups -OCH3 is 1. The van der Waals surface area contributed by atoms with Gasteiger partial charge in [0.1, 0.15) is 0 Å². The SMILES string of the molecule is COCCOCCCOC(=O)CCCNC(C)C. The van der Waals surface area contributed by atoms with Gasteiger partial charge < -0.3 is 19.5 Å². The van der Waals surface area contributed by atoms with Gasteiger partial charge in [-0.05, 0) is 13.0 Å². The van der Waals surface area contributed by atoms with Crippen LogP contribution in [0.3, 0.4) is 0 Å². The van der Waals surface area contributed by atoms with Crippen molar-refractivity contribution in [3.63, 3.8) is 0 Å². The molecule has 0 aliphatic rings. The zero-order valence-electron chi connectivity index (χ0n) is 11.9. The Bertz CT molecular complexity index is 197. The fraction of sp³-hybridized carbons (Fsp3) is 0.923. The summed E-state index contributed by atoms with van der Waals surface area (Å²) in [5, 5.41) is 3.26. The van der Waals surface area contributed by atoms with E-state index >= 15 is 0 Å².